The number of fused-ring (bicyclic) bond motifs is 1. The molecule has 1 N–H and O–H groups in total. The van der Waals surface area contributed by atoms with E-state index in [4.69, 9.17) is 13.9 Å². The number of carbonyl (C=O) groups is 1. The van der Waals surface area contributed by atoms with Gasteiger partial charge in [-0.25, -0.2) is 8.78 Å². The Morgan fingerprint density at radius 2 is 1.72 bits per heavy atom. The second-order valence-electron chi connectivity index (χ2n) is 6.85. The van der Waals surface area contributed by atoms with Crippen LogP contribution in [0.1, 0.15) is 5.76 Å². The highest BCUT2D eigenvalue weighted by atomic mass is 19.1. The van der Waals surface area contributed by atoms with E-state index in [0.717, 1.165) is 0 Å². The van der Waals surface area contributed by atoms with Crippen LogP contribution >= 0.6 is 0 Å². The van der Waals surface area contributed by atoms with Crippen molar-refractivity contribution < 1.29 is 27.5 Å². The van der Waals surface area contributed by atoms with Crippen LogP contribution in [-0.2, 0) is 4.79 Å². The topological polar surface area (TPSA) is 77.8 Å². The third kappa shape index (κ3) is 4.59. The molecule has 4 rings (SSSR count). The number of benzene rings is 3. The quantitative estimate of drug-likeness (QED) is 0.449. The van der Waals surface area contributed by atoms with E-state index < -0.39 is 23.0 Å². The summed E-state index contributed by atoms with van der Waals surface area (Å²) in [6, 6.07) is 15.5. The van der Waals surface area contributed by atoms with Crippen LogP contribution in [0.15, 0.2) is 75.9 Å². The third-order valence-electron chi connectivity index (χ3n) is 4.54. The Morgan fingerprint density at radius 1 is 1.00 bits per heavy atom. The Hall–Kier alpha value is -4.20. The maximum absolute atomic E-state index is 13.6. The van der Waals surface area contributed by atoms with Gasteiger partial charge in [0.25, 0.3) is 5.91 Å². The fourth-order valence-electron chi connectivity index (χ4n) is 2.99. The number of rotatable bonds is 6. The van der Waals surface area contributed by atoms with Crippen LogP contribution < -0.4 is 20.2 Å². The van der Waals surface area contributed by atoms with E-state index in [0.29, 0.717) is 5.75 Å². The molecule has 32 heavy (non-hydrogen) atoms. The fraction of sp³-hybridized carbons (Fsp3) is 0.0833. The van der Waals surface area contributed by atoms with Crippen LogP contribution in [0.25, 0.3) is 11.0 Å². The first kappa shape index (κ1) is 21.0. The Labute approximate surface area is 181 Å². The third-order valence-corrected chi connectivity index (χ3v) is 4.54. The lowest BCUT2D eigenvalue weighted by atomic mass is 10.2. The van der Waals surface area contributed by atoms with Gasteiger partial charge >= 0.3 is 0 Å². The first-order valence-electron chi connectivity index (χ1n) is 9.59. The first-order chi connectivity index (χ1) is 15.4. The monoisotopic (exact) mass is 437 g/mol. The predicted octanol–water partition coefficient (Wildman–Crippen LogP) is 5.19. The van der Waals surface area contributed by atoms with E-state index >= 15 is 0 Å². The molecule has 0 saturated heterocycles. The number of para-hydroxylation sites is 1. The summed E-state index contributed by atoms with van der Waals surface area (Å²) in [5.41, 5.74) is -0.113. The molecule has 1 aromatic heterocycles. The lowest BCUT2D eigenvalue weighted by Gasteiger charge is -2.11. The average Bonchev–Trinajstić information content (AvgIpc) is 2.78. The van der Waals surface area contributed by atoms with Crippen LogP contribution in [-0.4, -0.2) is 12.5 Å². The molecule has 0 saturated carbocycles. The van der Waals surface area contributed by atoms with Gasteiger partial charge in [-0.05, 0) is 55.5 Å². The molecule has 4 aromatic rings. The van der Waals surface area contributed by atoms with Crippen molar-refractivity contribution in [2.45, 2.75) is 6.92 Å². The maximum Gasteiger partial charge on any atom is 0.262 e. The molecule has 3 aromatic carbocycles. The molecule has 0 unspecified atom stereocenters. The largest absolute Gasteiger partial charge is 0.484 e. The van der Waals surface area contributed by atoms with Crippen molar-refractivity contribution in [2.75, 3.05) is 11.9 Å². The Morgan fingerprint density at radius 3 is 2.47 bits per heavy atom. The Bertz CT molecular complexity index is 1350. The molecule has 0 fully saturated rings. The molecular weight excluding hydrogens is 420 g/mol. The molecule has 0 atom stereocenters. The molecule has 0 aliphatic heterocycles. The predicted molar refractivity (Wildman–Crippen MR) is 114 cm³/mol. The van der Waals surface area contributed by atoms with Crippen molar-refractivity contribution >= 4 is 22.6 Å². The Balaban J connectivity index is 1.50. The lowest BCUT2D eigenvalue weighted by Crippen LogP contribution is -2.20. The van der Waals surface area contributed by atoms with Crippen molar-refractivity contribution in [3.8, 4) is 17.2 Å². The minimum atomic E-state index is -0.553. The number of nitrogens with one attached hydrogen (secondary N) is 1. The zero-order valence-electron chi connectivity index (χ0n) is 16.9. The Kier molecular flexibility index (Phi) is 5.85. The summed E-state index contributed by atoms with van der Waals surface area (Å²) in [7, 11) is 0. The van der Waals surface area contributed by atoms with Crippen molar-refractivity contribution in [3.05, 3.63) is 94.3 Å². The van der Waals surface area contributed by atoms with Gasteiger partial charge < -0.3 is 19.2 Å². The number of halogens is 2. The number of carbonyl (C=O) groups excluding carboxylic acids is 1. The summed E-state index contributed by atoms with van der Waals surface area (Å²) in [4.78, 5) is 24.9. The molecule has 8 heteroatoms. The molecule has 0 bridgehead atoms. The minimum Gasteiger partial charge on any atom is -0.484 e. The van der Waals surface area contributed by atoms with Crippen molar-refractivity contribution in [2.24, 2.45) is 0 Å². The highest BCUT2D eigenvalue weighted by Crippen LogP contribution is 2.27. The van der Waals surface area contributed by atoms with E-state index in [1.165, 1.54) is 60.7 Å². The normalized spacial score (nSPS) is 10.7. The fourth-order valence-corrected chi connectivity index (χ4v) is 2.99. The minimum absolute atomic E-state index is 0.0120. The highest BCUT2D eigenvalue weighted by Gasteiger charge is 2.15. The van der Waals surface area contributed by atoms with Gasteiger partial charge in [-0.1, -0.05) is 12.1 Å². The molecule has 6 nitrogen and oxygen atoms in total. The number of aryl methyl sites for hydroxylation is 1. The van der Waals surface area contributed by atoms with Gasteiger partial charge in [0.15, 0.2) is 6.61 Å². The van der Waals surface area contributed by atoms with Crippen molar-refractivity contribution in [3.63, 3.8) is 0 Å². The number of ether oxygens (including phenoxy) is 2. The van der Waals surface area contributed by atoms with Gasteiger partial charge in [0.1, 0.15) is 34.5 Å². The van der Waals surface area contributed by atoms with Crippen LogP contribution in [0.4, 0.5) is 14.5 Å². The SMILES string of the molecule is Cc1oc2cc(OCC(=O)Nc3ccccc3F)ccc2c(=O)c1Oc1ccc(F)cc1. The van der Waals surface area contributed by atoms with Gasteiger partial charge in [0.2, 0.25) is 11.2 Å². The summed E-state index contributed by atoms with van der Waals surface area (Å²) in [6.07, 6.45) is 0. The highest BCUT2D eigenvalue weighted by molar-refractivity contribution is 5.92. The summed E-state index contributed by atoms with van der Waals surface area (Å²) < 4.78 is 43.4. The maximum atomic E-state index is 13.6. The molecule has 0 aliphatic rings. The molecule has 162 valence electrons. The first-order valence-corrected chi connectivity index (χ1v) is 9.59. The summed E-state index contributed by atoms with van der Waals surface area (Å²) in [5.74, 6) is -0.728. The smallest absolute Gasteiger partial charge is 0.262 e. The lowest BCUT2D eigenvalue weighted by molar-refractivity contribution is -0.118. The molecule has 0 radical (unpaired) electrons. The van der Waals surface area contributed by atoms with Gasteiger partial charge in [-0.3, -0.25) is 9.59 Å². The van der Waals surface area contributed by atoms with Gasteiger partial charge in [0.05, 0.1) is 11.1 Å². The van der Waals surface area contributed by atoms with Crippen LogP contribution in [0.2, 0.25) is 0 Å². The van der Waals surface area contributed by atoms with E-state index in [1.807, 2.05) is 0 Å². The second kappa shape index (κ2) is 8.89. The number of hydrogen-bond donors (Lipinski definition) is 1. The average molecular weight is 437 g/mol. The van der Waals surface area contributed by atoms with E-state index in [1.54, 1.807) is 13.0 Å². The van der Waals surface area contributed by atoms with Crippen LogP contribution in [0, 0.1) is 18.6 Å². The summed E-state index contributed by atoms with van der Waals surface area (Å²) >= 11 is 0. The second-order valence-corrected chi connectivity index (χ2v) is 6.85. The molecule has 1 amide bonds. The summed E-state index contributed by atoms with van der Waals surface area (Å²) in [6.45, 7) is 1.20. The zero-order chi connectivity index (χ0) is 22.7. The number of hydrogen-bond acceptors (Lipinski definition) is 5. The molecule has 0 spiro atoms. The molecular formula is C24H17F2NO5. The van der Waals surface area contributed by atoms with Gasteiger partial charge in [-0.15, -0.1) is 0 Å². The van der Waals surface area contributed by atoms with Crippen molar-refractivity contribution in [1.82, 2.24) is 0 Å². The van der Waals surface area contributed by atoms with Gasteiger partial charge in [0, 0.05) is 6.07 Å². The molecule has 1 heterocycles. The number of amides is 1. The summed E-state index contributed by atoms with van der Waals surface area (Å²) in [5, 5.41) is 2.66. The van der Waals surface area contributed by atoms with Crippen molar-refractivity contribution in [1.29, 1.82) is 0 Å². The van der Waals surface area contributed by atoms with E-state index in [9.17, 15) is 18.4 Å². The van der Waals surface area contributed by atoms with Crippen LogP contribution in [0.5, 0.6) is 17.2 Å². The standard InChI is InChI=1S/C24H17F2NO5/c1-14-24(32-16-8-6-15(25)7-9-16)23(29)18-11-10-17(12-21(18)31-14)30-13-22(28)27-20-5-3-2-4-19(20)26/h2-12H,13H2,1H3,(H,27,28). The molecule has 0 aliphatic carbocycles. The number of anilines is 1. The van der Waals surface area contributed by atoms with Gasteiger partial charge in [-0.2, -0.15) is 0 Å². The van der Waals surface area contributed by atoms with Crippen LogP contribution in [0.3, 0.4) is 0 Å². The zero-order valence-corrected chi connectivity index (χ0v) is 16.9. The van der Waals surface area contributed by atoms with E-state index in [2.05, 4.69) is 5.32 Å². The van der Waals surface area contributed by atoms with E-state index in [-0.39, 0.29) is 40.5 Å².